The van der Waals surface area contributed by atoms with Crippen LogP contribution in [0.15, 0.2) is 48.8 Å². The number of ketones is 1. The molecule has 0 bridgehead atoms. The molecular formula is C24H22N6O3. The predicted molar refractivity (Wildman–Crippen MR) is 121 cm³/mol. The fourth-order valence-electron chi connectivity index (χ4n) is 3.54. The number of pyridine rings is 1. The molecule has 3 heterocycles. The first-order valence-corrected chi connectivity index (χ1v) is 10.5. The van der Waals surface area contributed by atoms with Crippen molar-refractivity contribution in [3.05, 3.63) is 60.0 Å². The van der Waals surface area contributed by atoms with Crippen LogP contribution < -0.4 is 10.1 Å². The average Bonchev–Trinajstić information content (AvgIpc) is 2.85. The smallest absolute Gasteiger partial charge is 0.227 e. The van der Waals surface area contributed by atoms with E-state index in [1.54, 1.807) is 47.6 Å². The monoisotopic (exact) mass is 442 g/mol. The van der Waals surface area contributed by atoms with Crippen LogP contribution in [0.5, 0.6) is 5.75 Å². The quantitative estimate of drug-likeness (QED) is 0.437. The van der Waals surface area contributed by atoms with Crippen molar-refractivity contribution in [3.8, 4) is 23.1 Å². The molecule has 1 saturated heterocycles. The van der Waals surface area contributed by atoms with Gasteiger partial charge in [0.25, 0.3) is 0 Å². The molecule has 1 aliphatic heterocycles. The van der Waals surface area contributed by atoms with Crippen molar-refractivity contribution >= 4 is 23.8 Å². The molecule has 4 rings (SSSR count). The minimum atomic E-state index is -0.105. The van der Waals surface area contributed by atoms with Crippen molar-refractivity contribution < 1.29 is 14.3 Å². The zero-order valence-electron chi connectivity index (χ0n) is 18.1. The normalized spacial score (nSPS) is 13.8. The summed E-state index contributed by atoms with van der Waals surface area (Å²) in [5.41, 5.74) is 2.85. The van der Waals surface area contributed by atoms with Crippen molar-refractivity contribution in [2.45, 2.75) is 25.9 Å². The number of amides is 1. The van der Waals surface area contributed by atoms with E-state index in [1.807, 2.05) is 6.07 Å². The van der Waals surface area contributed by atoms with Gasteiger partial charge in [-0.3, -0.25) is 14.6 Å². The first-order chi connectivity index (χ1) is 16.1. The van der Waals surface area contributed by atoms with Crippen LogP contribution in [0, 0.1) is 11.3 Å². The molecule has 0 radical (unpaired) electrons. The Morgan fingerprint density at radius 1 is 1.21 bits per heavy atom. The zero-order chi connectivity index (χ0) is 23.2. The lowest BCUT2D eigenvalue weighted by Gasteiger charge is -2.29. The lowest BCUT2D eigenvalue weighted by atomic mass is 10.1. The molecular weight excluding hydrogens is 420 g/mol. The van der Waals surface area contributed by atoms with E-state index in [4.69, 9.17) is 4.74 Å². The van der Waals surface area contributed by atoms with Gasteiger partial charge in [-0.1, -0.05) is 0 Å². The number of carbonyl (C=O) groups is 2. The largest absolute Gasteiger partial charge is 0.489 e. The molecule has 1 aromatic carbocycles. The number of aromatic nitrogens is 3. The van der Waals surface area contributed by atoms with Crippen molar-refractivity contribution in [1.29, 1.82) is 5.26 Å². The molecule has 2 aromatic heterocycles. The van der Waals surface area contributed by atoms with Gasteiger partial charge < -0.3 is 15.0 Å². The number of Topliss-reactive ketones (excluding diaryl/α,β-unsaturated/α-hetero) is 1. The number of piperidine rings is 1. The lowest BCUT2D eigenvalue weighted by molar-refractivity contribution is -0.119. The van der Waals surface area contributed by atoms with Gasteiger partial charge in [-0.25, -0.2) is 9.97 Å². The average molecular weight is 442 g/mol. The zero-order valence-corrected chi connectivity index (χ0v) is 18.1. The Labute approximate surface area is 191 Å². The van der Waals surface area contributed by atoms with Crippen LogP contribution in [0.2, 0.25) is 0 Å². The van der Waals surface area contributed by atoms with Gasteiger partial charge in [-0.15, -0.1) is 0 Å². The molecule has 0 aliphatic carbocycles. The van der Waals surface area contributed by atoms with E-state index in [2.05, 4.69) is 26.3 Å². The Hall–Kier alpha value is -4.32. The molecule has 9 nitrogen and oxygen atoms in total. The summed E-state index contributed by atoms with van der Waals surface area (Å²) < 4.78 is 6.05. The van der Waals surface area contributed by atoms with Crippen LogP contribution in [0.3, 0.4) is 0 Å². The van der Waals surface area contributed by atoms with Crippen LogP contribution in [0.4, 0.5) is 11.6 Å². The van der Waals surface area contributed by atoms with Crippen molar-refractivity contribution in [2.24, 2.45) is 0 Å². The van der Waals surface area contributed by atoms with Crippen LogP contribution in [-0.4, -0.2) is 51.2 Å². The summed E-state index contributed by atoms with van der Waals surface area (Å²) in [7, 11) is 0. The fourth-order valence-corrected chi connectivity index (χ4v) is 3.54. The molecule has 1 fully saturated rings. The van der Waals surface area contributed by atoms with E-state index in [-0.39, 0.29) is 11.9 Å². The van der Waals surface area contributed by atoms with E-state index >= 15 is 0 Å². The maximum Gasteiger partial charge on any atom is 0.227 e. The topological polar surface area (TPSA) is 121 Å². The van der Waals surface area contributed by atoms with E-state index in [9.17, 15) is 14.9 Å². The third kappa shape index (κ3) is 5.30. The summed E-state index contributed by atoms with van der Waals surface area (Å²) in [5, 5.41) is 12.7. The number of carbonyl (C=O) groups excluding carboxylic acids is 2. The highest BCUT2D eigenvalue weighted by Crippen LogP contribution is 2.28. The highest BCUT2D eigenvalue weighted by atomic mass is 16.5. The third-order valence-electron chi connectivity index (χ3n) is 5.35. The number of nitrogens with zero attached hydrogens (tertiary/aromatic N) is 5. The fraction of sp³-hybridized carbons (Fsp3) is 0.250. The Morgan fingerprint density at radius 3 is 2.70 bits per heavy atom. The first kappa shape index (κ1) is 21.9. The highest BCUT2D eigenvalue weighted by molar-refractivity contribution is 5.92. The minimum absolute atomic E-state index is 0.0306. The van der Waals surface area contributed by atoms with Crippen LogP contribution in [0.1, 0.15) is 35.8 Å². The van der Waals surface area contributed by atoms with Crippen molar-refractivity contribution in [1.82, 2.24) is 19.9 Å². The van der Waals surface area contributed by atoms with E-state index in [1.165, 1.54) is 6.92 Å². The molecule has 3 aromatic rings. The summed E-state index contributed by atoms with van der Waals surface area (Å²) in [4.78, 5) is 36.8. The summed E-state index contributed by atoms with van der Waals surface area (Å²) in [6.45, 7) is 2.76. The molecule has 1 aliphatic rings. The van der Waals surface area contributed by atoms with Crippen LogP contribution in [-0.2, 0) is 4.79 Å². The van der Waals surface area contributed by atoms with Gasteiger partial charge in [0.15, 0.2) is 5.78 Å². The summed E-state index contributed by atoms with van der Waals surface area (Å²) in [6, 6.07) is 12.7. The maximum atomic E-state index is 11.4. The van der Waals surface area contributed by atoms with Gasteiger partial charge in [0.2, 0.25) is 12.4 Å². The van der Waals surface area contributed by atoms with Gasteiger partial charge in [0, 0.05) is 44.6 Å². The second kappa shape index (κ2) is 9.87. The number of hydrogen-bond donors (Lipinski definition) is 1. The standard InChI is InChI=1S/C24H22N6O3/c1-16(32)21-4-3-19(14-27-21)28-24-26-9-6-22(29-24)17-2-5-23(18(12-17)13-25)33-20-7-10-30(15-31)11-8-20/h2-6,9,12,14-15,20H,7-8,10-11H2,1H3,(H,26,28,29). The number of hydrogen-bond acceptors (Lipinski definition) is 8. The van der Waals surface area contributed by atoms with Crippen LogP contribution >= 0.6 is 0 Å². The number of nitriles is 1. The van der Waals surface area contributed by atoms with E-state index < -0.39 is 0 Å². The van der Waals surface area contributed by atoms with Gasteiger partial charge in [0.05, 0.1) is 23.1 Å². The Balaban J connectivity index is 1.49. The maximum absolute atomic E-state index is 11.4. The number of rotatable bonds is 7. The number of likely N-dealkylation sites (tertiary alicyclic amines) is 1. The van der Waals surface area contributed by atoms with E-state index in [0.29, 0.717) is 47.4 Å². The number of ether oxygens (including phenoxy) is 1. The number of anilines is 2. The van der Waals surface area contributed by atoms with Crippen molar-refractivity contribution in [2.75, 3.05) is 18.4 Å². The molecule has 0 spiro atoms. The summed E-state index contributed by atoms with van der Waals surface area (Å²) in [6.07, 6.45) is 5.46. The molecule has 166 valence electrons. The van der Waals surface area contributed by atoms with Crippen molar-refractivity contribution in [3.63, 3.8) is 0 Å². The second-order valence-corrected chi connectivity index (χ2v) is 7.66. The molecule has 0 saturated carbocycles. The molecule has 0 atom stereocenters. The Kier molecular flexibility index (Phi) is 6.55. The third-order valence-corrected chi connectivity index (χ3v) is 5.35. The molecule has 0 unspecified atom stereocenters. The lowest BCUT2D eigenvalue weighted by Crippen LogP contribution is -2.37. The second-order valence-electron chi connectivity index (χ2n) is 7.66. The summed E-state index contributed by atoms with van der Waals surface area (Å²) >= 11 is 0. The Bertz CT molecular complexity index is 1200. The predicted octanol–water partition coefficient (Wildman–Crippen LogP) is 3.36. The number of nitrogens with one attached hydrogen (secondary N) is 1. The Morgan fingerprint density at radius 2 is 2.03 bits per heavy atom. The van der Waals surface area contributed by atoms with Crippen LogP contribution in [0.25, 0.3) is 11.3 Å². The van der Waals surface area contributed by atoms with Gasteiger partial charge in [-0.05, 0) is 36.4 Å². The SMILES string of the molecule is CC(=O)c1ccc(Nc2nccc(-c3ccc(OC4CCN(C=O)CC4)c(C#N)c3)n2)cn1. The van der Waals surface area contributed by atoms with Gasteiger partial charge in [0.1, 0.15) is 23.6 Å². The molecule has 9 heteroatoms. The van der Waals surface area contributed by atoms with Gasteiger partial charge in [-0.2, -0.15) is 5.26 Å². The summed E-state index contributed by atoms with van der Waals surface area (Å²) in [5.74, 6) is 0.785. The highest BCUT2D eigenvalue weighted by Gasteiger charge is 2.20. The molecule has 33 heavy (non-hydrogen) atoms. The first-order valence-electron chi connectivity index (χ1n) is 10.5. The van der Waals surface area contributed by atoms with E-state index in [0.717, 1.165) is 24.8 Å². The van der Waals surface area contributed by atoms with Gasteiger partial charge >= 0.3 is 0 Å². The number of benzene rings is 1. The molecule has 1 N–H and O–H groups in total. The molecule has 1 amide bonds. The minimum Gasteiger partial charge on any atom is -0.489 e.